The molecule has 0 spiro atoms. The van der Waals surface area contributed by atoms with Gasteiger partial charge in [-0.3, -0.25) is 9.97 Å². The van der Waals surface area contributed by atoms with E-state index in [1.165, 1.54) is 42.9 Å². The van der Waals surface area contributed by atoms with Crippen molar-refractivity contribution in [2.75, 3.05) is 0 Å². The first-order chi connectivity index (χ1) is 11.3. The van der Waals surface area contributed by atoms with Crippen molar-refractivity contribution < 1.29 is 23.0 Å². The summed E-state index contributed by atoms with van der Waals surface area (Å²) in [5.41, 5.74) is -0.584. The fraction of sp³-hybridized carbons (Fsp3) is 0.412. The van der Waals surface area contributed by atoms with Crippen LogP contribution in [-0.4, -0.2) is 21.4 Å². The normalized spacial score (nSPS) is 14.2. The third-order valence-corrected chi connectivity index (χ3v) is 3.69. The summed E-state index contributed by atoms with van der Waals surface area (Å²) in [6, 6.07) is 5.21. The fourth-order valence-electron chi connectivity index (χ4n) is 2.50. The minimum absolute atomic E-state index is 0.332. The maximum Gasteiger partial charge on any atom is 0.573 e. The van der Waals surface area contributed by atoms with Gasteiger partial charge in [-0.1, -0.05) is 31.9 Å². The van der Waals surface area contributed by atoms with Crippen LogP contribution in [0.1, 0.15) is 43.9 Å². The fourth-order valence-corrected chi connectivity index (χ4v) is 2.50. The zero-order valence-corrected chi connectivity index (χ0v) is 13.3. The lowest BCUT2D eigenvalue weighted by atomic mass is 9.85. The van der Waals surface area contributed by atoms with Gasteiger partial charge in [-0.2, -0.15) is 0 Å². The first-order valence-corrected chi connectivity index (χ1v) is 7.70. The maximum absolute atomic E-state index is 12.3. The monoisotopic (exact) mass is 340 g/mol. The molecule has 1 heterocycles. The molecule has 7 heteroatoms. The summed E-state index contributed by atoms with van der Waals surface area (Å²) in [6.07, 6.45) is 2.75. The third-order valence-electron chi connectivity index (χ3n) is 3.69. The Morgan fingerprint density at radius 3 is 2.33 bits per heavy atom. The molecule has 0 saturated heterocycles. The summed E-state index contributed by atoms with van der Waals surface area (Å²) in [5, 5.41) is 11.1. The molecule has 0 amide bonds. The van der Waals surface area contributed by atoms with E-state index in [2.05, 4.69) is 14.7 Å². The highest BCUT2D eigenvalue weighted by molar-refractivity contribution is 5.35. The SMILES string of the molecule is CCCCCC(O)(c1ccc(OC(F)(F)F)cc1)c1cnccn1. The van der Waals surface area contributed by atoms with E-state index < -0.39 is 12.0 Å². The standard InChI is InChI=1S/C17H19F3N2O2/c1-2-3-4-9-16(23,15-12-21-10-11-22-15)13-5-7-14(8-6-13)24-17(18,19)20/h5-8,10-12,23H,2-4,9H2,1H3. The summed E-state index contributed by atoms with van der Waals surface area (Å²) >= 11 is 0. The number of rotatable bonds is 7. The van der Waals surface area contributed by atoms with E-state index in [-0.39, 0.29) is 5.75 Å². The van der Waals surface area contributed by atoms with Gasteiger partial charge in [0.2, 0.25) is 0 Å². The minimum atomic E-state index is -4.75. The first kappa shape index (κ1) is 18.2. The van der Waals surface area contributed by atoms with Crippen molar-refractivity contribution in [1.29, 1.82) is 0 Å². The minimum Gasteiger partial charge on any atom is -0.406 e. The number of nitrogens with zero attached hydrogens (tertiary/aromatic N) is 2. The predicted molar refractivity (Wildman–Crippen MR) is 82.3 cm³/mol. The molecular formula is C17H19F3N2O2. The Labute approximate surface area is 138 Å². The van der Waals surface area contributed by atoms with Gasteiger partial charge in [0.15, 0.2) is 0 Å². The molecule has 1 aromatic heterocycles. The average molecular weight is 340 g/mol. The summed E-state index contributed by atoms with van der Waals surface area (Å²) < 4.78 is 40.6. The molecule has 1 N–H and O–H groups in total. The molecule has 130 valence electrons. The van der Waals surface area contributed by atoms with Crippen LogP contribution in [0.2, 0.25) is 0 Å². The Morgan fingerprint density at radius 1 is 1.08 bits per heavy atom. The van der Waals surface area contributed by atoms with Gasteiger partial charge in [0.1, 0.15) is 11.4 Å². The molecule has 0 aliphatic carbocycles. The molecule has 0 radical (unpaired) electrons. The number of alkyl halides is 3. The van der Waals surface area contributed by atoms with E-state index >= 15 is 0 Å². The van der Waals surface area contributed by atoms with Crippen LogP contribution in [-0.2, 0) is 5.60 Å². The van der Waals surface area contributed by atoms with Gasteiger partial charge in [-0.25, -0.2) is 0 Å². The summed E-state index contributed by atoms with van der Waals surface area (Å²) in [6.45, 7) is 2.05. The second-order valence-electron chi connectivity index (χ2n) is 5.48. The number of unbranched alkanes of at least 4 members (excludes halogenated alkanes) is 2. The third kappa shape index (κ3) is 4.67. The Hall–Kier alpha value is -2.15. The highest BCUT2D eigenvalue weighted by Gasteiger charge is 2.34. The zero-order valence-electron chi connectivity index (χ0n) is 13.3. The number of aromatic nitrogens is 2. The highest BCUT2D eigenvalue weighted by Crippen LogP contribution is 2.34. The van der Waals surface area contributed by atoms with Crippen LogP contribution >= 0.6 is 0 Å². The molecule has 2 aromatic rings. The van der Waals surface area contributed by atoms with Crippen molar-refractivity contribution in [2.24, 2.45) is 0 Å². The number of ether oxygens (including phenoxy) is 1. The molecule has 0 saturated carbocycles. The lowest BCUT2D eigenvalue weighted by molar-refractivity contribution is -0.274. The number of aliphatic hydroxyl groups is 1. The van der Waals surface area contributed by atoms with Crippen LogP contribution in [0.5, 0.6) is 5.75 Å². The largest absolute Gasteiger partial charge is 0.573 e. The van der Waals surface area contributed by atoms with Gasteiger partial charge in [0.25, 0.3) is 0 Å². The van der Waals surface area contributed by atoms with Gasteiger partial charge in [-0.15, -0.1) is 13.2 Å². The second kappa shape index (κ2) is 7.61. The maximum atomic E-state index is 12.3. The first-order valence-electron chi connectivity index (χ1n) is 7.70. The Balaban J connectivity index is 2.30. The molecular weight excluding hydrogens is 321 g/mol. The van der Waals surface area contributed by atoms with Crippen molar-refractivity contribution in [3.05, 3.63) is 54.1 Å². The van der Waals surface area contributed by atoms with Gasteiger partial charge in [0, 0.05) is 12.4 Å². The van der Waals surface area contributed by atoms with Crippen molar-refractivity contribution in [3.8, 4) is 5.75 Å². The van der Waals surface area contributed by atoms with Gasteiger partial charge >= 0.3 is 6.36 Å². The van der Waals surface area contributed by atoms with Crippen LogP contribution in [0, 0.1) is 0 Å². The van der Waals surface area contributed by atoms with Crippen LogP contribution < -0.4 is 4.74 Å². The molecule has 24 heavy (non-hydrogen) atoms. The van der Waals surface area contributed by atoms with Gasteiger partial charge in [-0.05, 0) is 30.5 Å². The Bertz CT molecular complexity index is 633. The van der Waals surface area contributed by atoms with Crippen LogP contribution in [0.4, 0.5) is 13.2 Å². The predicted octanol–water partition coefficient (Wildman–Crippen LogP) is 4.19. The molecule has 0 bridgehead atoms. The second-order valence-corrected chi connectivity index (χ2v) is 5.48. The van der Waals surface area contributed by atoms with E-state index in [0.29, 0.717) is 17.7 Å². The lowest BCUT2D eigenvalue weighted by Crippen LogP contribution is -2.28. The van der Waals surface area contributed by atoms with Crippen LogP contribution in [0.3, 0.4) is 0 Å². The molecule has 0 aliphatic rings. The smallest absolute Gasteiger partial charge is 0.406 e. The lowest BCUT2D eigenvalue weighted by Gasteiger charge is -2.28. The highest BCUT2D eigenvalue weighted by atomic mass is 19.4. The van der Waals surface area contributed by atoms with E-state index in [4.69, 9.17) is 0 Å². The van der Waals surface area contributed by atoms with Crippen LogP contribution in [0.15, 0.2) is 42.9 Å². The van der Waals surface area contributed by atoms with Crippen LogP contribution in [0.25, 0.3) is 0 Å². The van der Waals surface area contributed by atoms with Crippen molar-refractivity contribution in [3.63, 3.8) is 0 Å². The summed E-state index contributed by atoms with van der Waals surface area (Å²) in [4.78, 5) is 8.14. The number of hydrogen-bond acceptors (Lipinski definition) is 4. The summed E-state index contributed by atoms with van der Waals surface area (Å²) in [5.74, 6) is -0.332. The number of benzene rings is 1. The molecule has 1 unspecified atom stereocenters. The average Bonchev–Trinajstić information content (AvgIpc) is 2.55. The van der Waals surface area contributed by atoms with Crippen molar-refractivity contribution >= 4 is 0 Å². The van der Waals surface area contributed by atoms with Crippen molar-refractivity contribution in [1.82, 2.24) is 9.97 Å². The van der Waals surface area contributed by atoms with E-state index in [0.717, 1.165) is 19.3 Å². The quantitative estimate of drug-likeness (QED) is 0.768. The molecule has 0 fully saturated rings. The molecule has 1 aromatic carbocycles. The molecule has 1 atom stereocenters. The Kier molecular flexibility index (Phi) is 5.77. The Morgan fingerprint density at radius 2 is 1.79 bits per heavy atom. The number of halogens is 3. The summed E-state index contributed by atoms with van der Waals surface area (Å²) in [7, 11) is 0. The van der Waals surface area contributed by atoms with Crippen molar-refractivity contribution in [2.45, 2.75) is 44.6 Å². The molecule has 4 nitrogen and oxygen atoms in total. The molecule has 0 aliphatic heterocycles. The molecule has 2 rings (SSSR count). The number of hydrogen-bond donors (Lipinski definition) is 1. The van der Waals surface area contributed by atoms with Gasteiger partial charge in [0.05, 0.1) is 11.9 Å². The van der Waals surface area contributed by atoms with Gasteiger partial charge < -0.3 is 9.84 Å². The van der Waals surface area contributed by atoms with E-state index in [1.807, 2.05) is 6.92 Å². The van der Waals surface area contributed by atoms with E-state index in [1.54, 1.807) is 0 Å². The zero-order chi connectivity index (χ0) is 17.6. The topological polar surface area (TPSA) is 55.2 Å². The van der Waals surface area contributed by atoms with E-state index in [9.17, 15) is 18.3 Å².